The van der Waals surface area contributed by atoms with Gasteiger partial charge in [0.05, 0.1) is 6.33 Å². The molecule has 6 nitrogen and oxygen atoms in total. The molecule has 0 saturated carbocycles. The van der Waals surface area contributed by atoms with Gasteiger partial charge in [-0.1, -0.05) is 6.92 Å². The molecule has 0 amide bonds. The molecule has 0 spiro atoms. The molecule has 0 aliphatic rings. The first-order chi connectivity index (χ1) is 8.20. The van der Waals surface area contributed by atoms with Crippen LogP contribution in [0.3, 0.4) is 0 Å². The van der Waals surface area contributed by atoms with E-state index in [-0.39, 0.29) is 5.95 Å². The number of thioether (sulfide) groups is 1. The van der Waals surface area contributed by atoms with Crippen molar-refractivity contribution >= 4 is 34.7 Å². The molecule has 0 aliphatic carbocycles. The van der Waals surface area contributed by atoms with Gasteiger partial charge in [0.15, 0.2) is 11.5 Å². The van der Waals surface area contributed by atoms with Gasteiger partial charge in [-0.05, 0) is 12.7 Å². The molecule has 2 heterocycles. The number of aromatic amines is 1. The van der Waals surface area contributed by atoms with E-state index in [1.165, 1.54) is 0 Å². The number of H-pyrrole nitrogens is 1. The number of nitrogens with one attached hydrogen (secondary N) is 2. The molecular formula is C10H16N6S. The normalized spacial score (nSPS) is 12.8. The second-order valence-corrected chi connectivity index (χ2v) is 5.06. The van der Waals surface area contributed by atoms with Gasteiger partial charge in [-0.25, -0.2) is 4.98 Å². The van der Waals surface area contributed by atoms with E-state index in [1.807, 2.05) is 11.8 Å². The van der Waals surface area contributed by atoms with Gasteiger partial charge in [0.1, 0.15) is 5.52 Å². The summed E-state index contributed by atoms with van der Waals surface area (Å²) in [6, 6.07) is 0.320. The largest absolute Gasteiger partial charge is 0.368 e. The minimum atomic E-state index is 0.238. The highest BCUT2D eigenvalue weighted by molar-refractivity contribution is 7.99. The second kappa shape index (κ2) is 5.22. The Hall–Kier alpha value is -1.50. The fourth-order valence-corrected chi connectivity index (χ4v) is 2.20. The van der Waals surface area contributed by atoms with Crippen molar-refractivity contribution in [1.29, 1.82) is 0 Å². The summed E-state index contributed by atoms with van der Waals surface area (Å²) >= 11 is 1.88. The smallest absolute Gasteiger partial charge is 0.224 e. The Labute approximate surface area is 104 Å². The summed E-state index contributed by atoms with van der Waals surface area (Å²) in [4.78, 5) is 15.3. The fourth-order valence-electron chi connectivity index (χ4n) is 1.52. The van der Waals surface area contributed by atoms with Gasteiger partial charge >= 0.3 is 0 Å². The maximum atomic E-state index is 5.64. The number of aromatic nitrogens is 4. The van der Waals surface area contributed by atoms with Gasteiger partial charge in [0.25, 0.3) is 0 Å². The fraction of sp³-hybridized carbons (Fsp3) is 0.500. The molecule has 0 radical (unpaired) electrons. The number of hydrogen-bond donors (Lipinski definition) is 3. The summed E-state index contributed by atoms with van der Waals surface area (Å²) in [5.41, 5.74) is 7.03. The van der Waals surface area contributed by atoms with Crippen LogP contribution in [-0.2, 0) is 0 Å². The molecule has 7 heteroatoms. The van der Waals surface area contributed by atoms with E-state index in [2.05, 4.69) is 39.1 Å². The van der Waals surface area contributed by atoms with Crippen molar-refractivity contribution in [2.45, 2.75) is 19.9 Å². The van der Waals surface area contributed by atoms with E-state index in [0.29, 0.717) is 17.5 Å². The summed E-state index contributed by atoms with van der Waals surface area (Å²) in [6.45, 7) is 4.26. The maximum absolute atomic E-state index is 5.64. The summed E-state index contributed by atoms with van der Waals surface area (Å²) < 4.78 is 0. The minimum absolute atomic E-state index is 0.238. The molecule has 2 rings (SSSR count). The summed E-state index contributed by atoms with van der Waals surface area (Å²) in [6.07, 6.45) is 1.59. The minimum Gasteiger partial charge on any atom is -0.368 e. The molecule has 4 N–H and O–H groups in total. The van der Waals surface area contributed by atoms with Crippen molar-refractivity contribution in [3.8, 4) is 0 Å². The van der Waals surface area contributed by atoms with Crippen LogP contribution in [0.4, 0.5) is 11.8 Å². The topological polar surface area (TPSA) is 92.5 Å². The molecule has 1 atom stereocenters. The lowest BCUT2D eigenvalue weighted by molar-refractivity contribution is 0.903. The first-order valence-corrected chi connectivity index (χ1v) is 6.67. The van der Waals surface area contributed by atoms with E-state index >= 15 is 0 Å². The number of rotatable bonds is 5. The van der Waals surface area contributed by atoms with Crippen molar-refractivity contribution in [2.24, 2.45) is 0 Å². The molecule has 17 heavy (non-hydrogen) atoms. The van der Waals surface area contributed by atoms with Crippen molar-refractivity contribution in [2.75, 3.05) is 22.6 Å². The zero-order valence-electron chi connectivity index (χ0n) is 9.90. The number of fused-ring (bicyclic) bond motifs is 1. The van der Waals surface area contributed by atoms with Crippen LogP contribution in [0.25, 0.3) is 11.2 Å². The van der Waals surface area contributed by atoms with Gasteiger partial charge < -0.3 is 16.0 Å². The third-order valence-electron chi connectivity index (χ3n) is 2.26. The molecule has 2 aromatic heterocycles. The highest BCUT2D eigenvalue weighted by Gasteiger charge is 2.10. The first kappa shape index (κ1) is 12.0. The van der Waals surface area contributed by atoms with Crippen LogP contribution in [-0.4, -0.2) is 37.5 Å². The Balaban J connectivity index is 2.19. The number of nitrogens with zero attached hydrogens (tertiary/aromatic N) is 3. The molecule has 0 aliphatic heterocycles. The third kappa shape index (κ3) is 2.79. The van der Waals surface area contributed by atoms with Crippen LogP contribution < -0.4 is 11.1 Å². The quantitative estimate of drug-likeness (QED) is 0.746. The second-order valence-electron chi connectivity index (χ2n) is 3.74. The van der Waals surface area contributed by atoms with E-state index in [0.717, 1.165) is 17.0 Å². The lowest BCUT2D eigenvalue weighted by Gasteiger charge is -2.14. The molecule has 1 unspecified atom stereocenters. The Morgan fingerprint density at radius 3 is 3.12 bits per heavy atom. The number of nitrogens with two attached hydrogens (primary N) is 1. The highest BCUT2D eigenvalue weighted by atomic mass is 32.2. The summed E-state index contributed by atoms with van der Waals surface area (Å²) in [7, 11) is 0. The van der Waals surface area contributed by atoms with Crippen molar-refractivity contribution in [3.05, 3.63) is 6.33 Å². The van der Waals surface area contributed by atoms with Gasteiger partial charge in [-0.3, -0.25) is 0 Å². The maximum Gasteiger partial charge on any atom is 0.224 e. The number of anilines is 2. The van der Waals surface area contributed by atoms with Crippen molar-refractivity contribution in [3.63, 3.8) is 0 Å². The average Bonchev–Trinajstić information content (AvgIpc) is 2.74. The predicted molar refractivity (Wildman–Crippen MR) is 72.2 cm³/mol. The van der Waals surface area contributed by atoms with Crippen molar-refractivity contribution in [1.82, 2.24) is 19.9 Å². The van der Waals surface area contributed by atoms with Gasteiger partial charge in [-0.2, -0.15) is 21.7 Å². The monoisotopic (exact) mass is 252 g/mol. The van der Waals surface area contributed by atoms with Crippen molar-refractivity contribution < 1.29 is 0 Å². The third-order valence-corrected chi connectivity index (χ3v) is 3.40. The van der Waals surface area contributed by atoms with E-state index in [4.69, 9.17) is 5.73 Å². The Bertz CT molecular complexity index is 497. The summed E-state index contributed by atoms with van der Waals surface area (Å²) in [5, 5.41) is 3.32. The van der Waals surface area contributed by atoms with Crippen LogP contribution in [0.15, 0.2) is 6.33 Å². The average molecular weight is 252 g/mol. The van der Waals surface area contributed by atoms with Gasteiger partial charge in [0.2, 0.25) is 5.95 Å². The molecule has 92 valence electrons. The lowest BCUT2D eigenvalue weighted by Crippen LogP contribution is -2.19. The zero-order valence-corrected chi connectivity index (χ0v) is 10.7. The molecular weight excluding hydrogens is 236 g/mol. The summed E-state index contributed by atoms with van der Waals surface area (Å²) in [5.74, 6) is 3.09. The van der Waals surface area contributed by atoms with E-state index < -0.39 is 0 Å². The van der Waals surface area contributed by atoms with Crippen LogP contribution in [0.1, 0.15) is 13.8 Å². The predicted octanol–water partition coefficient (Wildman–Crippen LogP) is 1.49. The molecule has 0 fully saturated rings. The SMILES string of the molecule is CCSCC(C)Nc1nc(N)nc2nc[nH]c12. The van der Waals surface area contributed by atoms with Gasteiger partial charge in [0, 0.05) is 11.8 Å². The molecule has 0 aromatic carbocycles. The van der Waals surface area contributed by atoms with E-state index in [9.17, 15) is 0 Å². The highest BCUT2D eigenvalue weighted by Crippen LogP contribution is 2.18. The van der Waals surface area contributed by atoms with Crippen LogP contribution >= 0.6 is 11.8 Å². The van der Waals surface area contributed by atoms with Crippen LogP contribution in [0.2, 0.25) is 0 Å². The lowest BCUT2D eigenvalue weighted by atomic mass is 10.3. The molecule has 2 aromatic rings. The Morgan fingerprint density at radius 2 is 2.35 bits per heavy atom. The number of nitrogen functional groups attached to an aromatic ring is 1. The standard InChI is InChI=1S/C10H16N6S/c1-3-17-4-6(2)14-9-7-8(13-5-12-7)15-10(11)16-9/h5-6H,3-4H2,1-2H3,(H4,11,12,13,14,15,16). The Morgan fingerprint density at radius 1 is 1.53 bits per heavy atom. The zero-order chi connectivity index (χ0) is 12.3. The van der Waals surface area contributed by atoms with Crippen LogP contribution in [0, 0.1) is 0 Å². The first-order valence-electron chi connectivity index (χ1n) is 5.51. The van der Waals surface area contributed by atoms with Crippen LogP contribution in [0.5, 0.6) is 0 Å². The number of hydrogen-bond acceptors (Lipinski definition) is 6. The van der Waals surface area contributed by atoms with E-state index in [1.54, 1.807) is 6.33 Å². The molecule has 0 bridgehead atoms. The molecule has 0 saturated heterocycles. The Kier molecular flexibility index (Phi) is 3.68. The number of imidazole rings is 1. The van der Waals surface area contributed by atoms with Gasteiger partial charge in [-0.15, -0.1) is 0 Å².